The third-order valence-corrected chi connectivity index (χ3v) is 11.1. The molecule has 0 N–H and O–H groups in total. The first-order valence-corrected chi connectivity index (χ1v) is 18.6. The summed E-state index contributed by atoms with van der Waals surface area (Å²) in [6.07, 6.45) is 0. The van der Waals surface area contributed by atoms with Crippen molar-refractivity contribution in [2.45, 2.75) is 0 Å². The van der Waals surface area contributed by atoms with Gasteiger partial charge in [-0.2, -0.15) is 0 Å². The van der Waals surface area contributed by atoms with Gasteiger partial charge >= 0.3 is 0 Å². The number of nitrogens with zero attached hydrogens (tertiary/aromatic N) is 3. The van der Waals surface area contributed by atoms with E-state index in [4.69, 9.17) is 15.0 Å². The van der Waals surface area contributed by atoms with E-state index in [-0.39, 0.29) is 0 Å². The lowest BCUT2D eigenvalue weighted by molar-refractivity contribution is 1.08. The molecule has 4 heteroatoms. The molecule has 0 saturated carbocycles. The van der Waals surface area contributed by atoms with Gasteiger partial charge in [-0.05, 0) is 74.5 Å². The molecule has 10 aromatic rings. The van der Waals surface area contributed by atoms with Crippen LogP contribution < -0.4 is 0 Å². The van der Waals surface area contributed by atoms with Gasteiger partial charge in [0, 0.05) is 36.9 Å². The van der Waals surface area contributed by atoms with Gasteiger partial charge in [0.05, 0.1) is 0 Å². The molecular weight excluding hydrogens is 663 g/mol. The number of hydrogen-bond donors (Lipinski definition) is 0. The fraction of sp³-hybridized carbons (Fsp3) is 0. The Kier molecular flexibility index (Phi) is 7.67. The second kappa shape index (κ2) is 13.1. The number of fused-ring (bicyclic) bond motifs is 4. The third-order valence-electron chi connectivity index (χ3n) is 9.91. The molecular formula is C49H31N3S. The highest BCUT2D eigenvalue weighted by molar-refractivity contribution is 7.26. The molecule has 10 rings (SSSR count). The number of hydrogen-bond acceptors (Lipinski definition) is 4. The van der Waals surface area contributed by atoms with Gasteiger partial charge in [-0.1, -0.05) is 158 Å². The standard InChI is InChI=1S/C49H31N3S/c1-3-14-32(15-4-1)37-29-38(33-16-5-2-6-17-33)31-39(30-37)48-50-47(51-49(52-48)44-26-12-19-34-18-7-8-22-40(34)44)36-21-11-20-35(28-36)41-24-13-25-43-42-23-9-10-27-45(42)53-46(41)43/h1-31H. The molecule has 248 valence electrons. The van der Waals surface area contributed by atoms with Crippen molar-refractivity contribution < 1.29 is 0 Å². The molecule has 0 saturated heterocycles. The Bertz CT molecular complexity index is 2890. The highest BCUT2D eigenvalue weighted by Gasteiger charge is 2.17. The minimum absolute atomic E-state index is 0.630. The second-order valence-electron chi connectivity index (χ2n) is 13.2. The minimum Gasteiger partial charge on any atom is -0.208 e. The van der Waals surface area contributed by atoms with Gasteiger partial charge in [0.2, 0.25) is 0 Å². The molecule has 0 aliphatic heterocycles. The average molecular weight is 694 g/mol. The van der Waals surface area contributed by atoms with E-state index in [1.54, 1.807) is 0 Å². The lowest BCUT2D eigenvalue weighted by Crippen LogP contribution is -2.01. The molecule has 0 spiro atoms. The maximum Gasteiger partial charge on any atom is 0.164 e. The van der Waals surface area contributed by atoms with Gasteiger partial charge < -0.3 is 0 Å². The van der Waals surface area contributed by atoms with Crippen LogP contribution in [-0.2, 0) is 0 Å². The van der Waals surface area contributed by atoms with Crippen LogP contribution in [0.3, 0.4) is 0 Å². The first kappa shape index (κ1) is 31.0. The molecule has 0 radical (unpaired) electrons. The number of thiophene rings is 1. The largest absolute Gasteiger partial charge is 0.208 e. The van der Waals surface area contributed by atoms with Crippen LogP contribution in [-0.4, -0.2) is 15.0 Å². The third kappa shape index (κ3) is 5.76. The van der Waals surface area contributed by atoms with E-state index in [1.165, 1.54) is 25.7 Å². The van der Waals surface area contributed by atoms with Crippen LogP contribution in [0.5, 0.6) is 0 Å². The van der Waals surface area contributed by atoms with Gasteiger partial charge in [-0.3, -0.25) is 0 Å². The van der Waals surface area contributed by atoms with E-state index in [9.17, 15) is 0 Å². The van der Waals surface area contributed by atoms with E-state index in [0.717, 1.165) is 55.3 Å². The van der Waals surface area contributed by atoms with Crippen molar-refractivity contribution in [3.8, 4) is 67.5 Å². The maximum atomic E-state index is 5.26. The molecule has 0 amide bonds. The van der Waals surface area contributed by atoms with Crippen molar-refractivity contribution in [1.29, 1.82) is 0 Å². The summed E-state index contributed by atoms with van der Waals surface area (Å²) >= 11 is 1.84. The van der Waals surface area contributed by atoms with Crippen molar-refractivity contribution >= 4 is 42.3 Å². The van der Waals surface area contributed by atoms with E-state index in [2.05, 4.69) is 188 Å². The Hall–Kier alpha value is -6.75. The average Bonchev–Trinajstić information content (AvgIpc) is 3.63. The predicted molar refractivity (Wildman–Crippen MR) is 223 cm³/mol. The van der Waals surface area contributed by atoms with Crippen LogP contribution in [0, 0.1) is 0 Å². The van der Waals surface area contributed by atoms with Gasteiger partial charge in [0.1, 0.15) is 0 Å². The summed E-state index contributed by atoms with van der Waals surface area (Å²) in [7, 11) is 0. The number of aromatic nitrogens is 3. The molecule has 0 unspecified atom stereocenters. The Labute approximate surface area is 311 Å². The zero-order valence-electron chi connectivity index (χ0n) is 28.6. The summed E-state index contributed by atoms with van der Waals surface area (Å²) in [6, 6.07) is 66.3. The smallest absolute Gasteiger partial charge is 0.164 e. The van der Waals surface area contributed by atoms with E-state index >= 15 is 0 Å². The molecule has 0 fully saturated rings. The Morgan fingerprint density at radius 2 is 0.792 bits per heavy atom. The van der Waals surface area contributed by atoms with Crippen LogP contribution in [0.25, 0.3) is 98.5 Å². The summed E-state index contributed by atoms with van der Waals surface area (Å²) in [5.41, 5.74) is 9.67. The second-order valence-corrected chi connectivity index (χ2v) is 14.3. The monoisotopic (exact) mass is 693 g/mol. The highest BCUT2D eigenvalue weighted by Crippen LogP contribution is 2.41. The van der Waals surface area contributed by atoms with E-state index in [0.29, 0.717) is 17.5 Å². The molecule has 0 atom stereocenters. The maximum absolute atomic E-state index is 5.26. The van der Waals surface area contributed by atoms with Crippen molar-refractivity contribution in [2.24, 2.45) is 0 Å². The summed E-state index contributed by atoms with van der Waals surface area (Å²) in [5.74, 6) is 1.91. The molecule has 2 aromatic heterocycles. The van der Waals surface area contributed by atoms with Crippen molar-refractivity contribution in [1.82, 2.24) is 15.0 Å². The Morgan fingerprint density at radius 1 is 0.302 bits per heavy atom. The summed E-state index contributed by atoms with van der Waals surface area (Å²) in [6.45, 7) is 0. The molecule has 0 bridgehead atoms. The lowest BCUT2D eigenvalue weighted by Gasteiger charge is -2.13. The first-order chi connectivity index (χ1) is 26.2. The fourth-order valence-electron chi connectivity index (χ4n) is 7.33. The minimum atomic E-state index is 0.630. The normalized spacial score (nSPS) is 11.4. The molecule has 53 heavy (non-hydrogen) atoms. The van der Waals surface area contributed by atoms with Crippen LogP contribution in [0.2, 0.25) is 0 Å². The van der Waals surface area contributed by atoms with Crippen LogP contribution >= 0.6 is 11.3 Å². The van der Waals surface area contributed by atoms with Gasteiger partial charge in [0.25, 0.3) is 0 Å². The van der Waals surface area contributed by atoms with E-state index < -0.39 is 0 Å². The van der Waals surface area contributed by atoms with E-state index in [1.807, 2.05) is 11.3 Å². The predicted octanol–water partition coefficient (Wildman–Crippen LogP) is 13.4. The van der Waals surface area contributed by atoms with Gasteiger partial charge in [-0.15, -0.1) is 11.3 Å². The van der Waals surface area contributed by atoms with Crippen molar-refractivity contribution in [3.63, 3.8) is 0 Å². The van der Waals surface area contributed by atoms with Gasteiger partial charge in [0.15, 0.2) is 17.5 Å². The van der Waals surface area contributed by atoms with Crippen molar-refractivity contribution in [2.75, 3.05) is 0 Å². The summed E-state index contributed by atoms with van der Waals surface area (Å²) < 4.78 is 2.57. The highest BCUT2D eigenvalue weighted by atomic mass is 32.1. The molecule has 8 aromatic carbocycles. The summed E-state index contributed by atoms with van der Waals surface area (Å²) in [4.78, 5) is 15.7. The lowest BCUT2D eigenvalue weighted by atomic mass is 9.95. The fourth-order valence-corrected chi connectivity index (χ4v) is 8.56. The van der Waals surface area contributed by atoms with Crippen LogP contribution in [0.1, 0.15) is 0 Å². The zero-order chi connectivity index (χ0) is 35.1. The SMILES string of the molecule is c1ccc(-c2cc(-c3ccccc3)cc(-c3nc(-c4cccc(-c5cccc6c5sc5ccccc56)c4)nc(-c4cccc5ccccc45)n3)c2)cc1. The Morgan fingerprint density at radius 3 is 1.57 bits per heavy atom. The Balaban J connectivity index is 1.19. The topological polar surface area (TPSA) is 38.7 Å². The van der Waals surface area contributed by atoms with Crippen LogP contribution in [0.15, 0.2) is 188 Å². The molecule has 3 nitrogen and oxygen atoms in total. The quantitative estimate of drug-likeness (QED) is 0.174. The number of benzene rings is 8. The molecule has 0 aliphatic rings. The molecule has 2 heterocycles. The zero-order valence-corrected chi connectivity index (χ0v) is 29.5. The first-order valence-electron chi connectivity index (χ1n) is 17.8. The van der Waals surface area contributed by atoms with Gasteiger partial charge in [-0.25, -0.2) is 15.0 Å². The van der Waals surface area contributed by atoms with Crippen molar-refractivity contribution in [3.05, 3.63) is 188 Å². The molecule has 0 aliphatic carbocycles. The van der Waals surface area contributed by atoms with Crippen LogP contribution in [0.4, 0.5) is 0 Å². The number of rotatable bonds is 6. The summed E-state index contributed by atoms with van der Waals surface area (Å²) in [5, 5.41) is 4.82.